The van der Waals surface area contributed by atoms with Crippen LogP contribution in [0.2, 0.25) is 0 Å². The average molecular weight is 397 g/mol. The summed E-state index contributed by atoms with van der Waals surface area (Å²) in [7, 11) is 0. The lowest BCUT2D eigenvalue weighted by molar-refractivity contribution is -0.137. The number of carbonyl (C=O) groups is 1. The monoisotopic (exact) mass is 397 g/mol. The van der Waals surface area contributed by atoms with Gasteiger partial charge in [-0.05, 0) is 24.3 Å². The topological polar surface area (TPSA) is 70.1 Å². The predicted molar refractivity (Wildman–Crippen MR) is 96.5 cm³/mol. The first-order valence-corrected chi connectivity index (χ1v) is 8.82. The highest BCUT2D eigenvalue weighted by molar-refractivity contribution is 5.96. The maximum Gasteiger partial charge on any atom is 0.416 e. The highest BCUT2D eigenvalue weighted by atomic mass is 19.4. The average Bonchev–Trinajstić information content (AvgIpc) is 3.16. The van der Waals surface area contributed by atoms with E-state index in [1.807, 2.05) is 6.07 Å². The summed E-state index contributed by atoms with van der Waals surface area (Å²) in [5.41, 5.74) is 1.42. The van der Waals surface area contributed by atoms with E-state index in [0.29, 0.717) is 41.1 Å². The number of hydrogen-bond donors (Lipinski definition) is 0. The molecule has 0 bridgehead atoms. The van der Waals surface area contributed by atoms with Gasteiger partial charge in [0, 0.05) is 24.1 Å². The quantitative estimate of drug-likeness (QED) is 0.641. The van der Waals surface area contributed by atoms with Gasteiger partial charge in [-0.15, -0.1) is 0 Å². The Morgan fingerprint density at radius 1 is 1.14 bits per heavy atom. The van der Waals surface area contributed by atoms with Crippen molar-refractivity contribution in [1.29, 1.82) is 5.26 Å². The highest BCUT2D eigenvalue weighted by Gasteiger charge is 2.31. The van der Waals surface area contributed by atoms with Crippen LogP contribution in [-0.4, -0.2) is 22.5 Å². The Hall–Kier alpha value is -3.60. The van der Waals surface area contributed by atoms with E-state index in [2.05, 4.69) is 5.16 Å². The van der Waals surface area contributed by atoms with Gasteiger partial charge in [-0.3, -0.25) is 4.79 Å². The van der Waals surface area contributed by atoms with Crippen LogP contribution in [0.1, 0.15) is 32.8 Å². The Kier molecular flexibility index (Phi) is 4.59. The van der Waals surface area contributed by atoms with E-state index in [4.69, 9.17) is 4.52 Å². The van der Waals surface area contributed by atoms with Gasteiger partial charge in [0.15, 0.2) is 0 Å². The summed E-state index contributed by atoms with van der Waals surface area (Å²) in [6.07, 6.45) is -3.98. The third-order valence-electron chi connectivity index (χ3n) is 4.88. The van der Waals surface area contributed by atoms with E-state index in [-0.39, 0.29) is 18.0 Å². The van der Waals surface area contributed by atoms with Crippen LogP contribution in [0, 0.1) is 11.3 Å². The van der Waals surface area contributed by atoms with Crippen molar-refractivity contribution in [2.24, 2.45) is 0 Å². The number of alkyl halides is 3. The van der Waals surface area contributed by atoms with E-state index >= 15 is 0 Å². The molecule has 0 atom stereocenters. The fourth-order valence-electron chi connectivity index (χ4n) is 3.36. The third kappa shape index (κ3) is 3.47. The summed E-state index contributed by atoms with van der Waals surface area (Å²) in [4.78, 5) is 14.5. The molecule has 0 N–H and O–H groups in total. The van der Waals surface area contributed by atoms with Gasteiger partial charge in [-0.1, -0.05) is 29.4 Å². The minimum absolute atomic E-state index is 0.202. The van der Waals surface area contributed by atoms with Gasteiger partial charge in [-0.2, -0.15) is 18.4 Å². The SMILES string of the molecule is N#Cc1ccccc1C(=O)N1CCc2onc(-c3ccc(C(F)(F)F)cc3)c2C1. The molecular weight excluding hydrogens is 383 g/mol. The van der Waals surface area contributed by atoms with Crippen LogP contribution >= 0.6 is 0 Å². The molecule has 0 aliphatic carbocycles. The number of benzene rings is 2. The molecule has 0 saturated carbocycles. The lowest BCUT2D eigenvalue weighted by atomic mass is 9.99. The van der Waals surface area contributed by atoms with Gasteiger partial charge < -0.3 is 9.42 Å². The second-order valence-corrected chi connectivity index (χ2v) is 6.64. The maximum atomic E-state index is 12.9. The summed E-state index contributed by atoms with van der Waals surface area (Å²) in [5, 5.41) is 13.3. The number of carbonyl (C=O) groups excluding carboxylic acids is 1. The smallest absolute Gasteiger partial charge is 0.360 e. The molecule has 1 aliphatic rings. The molecular formula is C21H14F3N3O2. The number of fused-ring (bicyclic) bond motifs is 1. The van der Waals surface area contributed by atoms with E-state index < -0.39 is 11.7 Å². The largest absolute Gasteiger partial charge is 0.416 e. The van der Waals surface area contributed by atoms with Crippen LogP contribution in [0.5, 0.6) is 0 Å². The fourth-order valence-corrected chi connectivity index (χ4v) is 3.36. The van der Waals surface area contributed by atoms with Crippen molar-refractivity contribution < 1.29 is 22.5 Å². The molecule has 1 aromatic heterocycles. The van der Waals surface area contributed by atoms with Crippen LogP contribution in [0.25, 0.3) is 11.3 Å². The van der Waals surface area contributed by atoms with Crippen LogP contribution in [0.15, 0.2) is 53.1 Å². The summed E-state index contributed by atoms with van der Waals surface area (Å²) in [6, 6.07) is 13.2. The van der Waals surface area contributed by atoms with Gasteiger partial charge in [0.1, 0.15) is 11.5 Å². The van der Waals surface area contributed by atoms with E-state index in [1.165, 1.54) is 12.1 Å². The summed E-state index contributed by atoms with van der Waals surface area (Å²) >= 11 is 0. The third-order valence-corrected chi connectivity index (χ3v) is 4.88. The number of nitriles is 1. The molecule has 29 heavy (non-hydrogen) atoms. The van der Waals surface area contributed by atoms with Crippen molar-refractivity contribution in [2.75, 3.05) is 6.54 Å². The molecule has 1 amide bonds. The molecule has 146 valence electrons. The van der Waals surface area contributed by atoms with Crippen LogP contribution in [0.4, 0.5) is 13.2 Å². The van der Waals surface area contributed by atoms with Crippen molar-refractivity contribution in [1.82, 2.24) is 10.1 Å². The standard InChI is InChI=1S/C21H14F3N3O2/c22-21(23,24)15-7-5-13(6-8-15)19-17-12-27(10-9-18(17)29-26-19)20(28)16-4-2-1-3-14(16)11-25/h1-8H,9-10,12H2. The molecule has 0 spiro atoms. The Labute approximate surface area is 164 Å². The maximum absolute atomic E-state index is 12.9. The summed E-state index contributed by atoms with van der Waals surface area (Å²) < 4.78 is 43.7. The Bertz CT molecular complexity index is 1110. The predicted octanol–water partition coefficient (Wildman–Crippen LogP) is 4.43. The highest BCUT2D eigenvalue weighted by Crippen LogP contribution is 2.34. The fraction of sp³-hybridized carbons (Fsp3) is 0.190. The lowest BCUT2D eigenvalue weighted by Gasteiger charge is -2.26. The first kappa shape index (κ1) is 18.7. The first-order chi connectivity index (χ1) is 13.9. The number of nitrogens with zero attached hydrogens (tertiary/aromatic N) is 3. The van der Waals surface area contributed by atoms with Crippen molar-refractivity contribution in [3.63, 3.8) is 0 Å². The van der Waals surface area contributed by atoms with E-state index in [1.54, 1.807) is 29.2 Å². The first-order valence-electron chi connectivity index (χ1n) is 8.82. The molecule has 0 radical (unpaired) electrons. The number of aromatic nitrogens is 1. The molecule has 2 heterocycles. The lowest BCUT2D eigenvalue weighted by Crippen LogP contribution is -2.36. The van der Waals surface area contributed by atoms with Crippen LogP contribution < -0.4 is 0 Å². The second-order valence-electron chi connectivity index (χ2n) is 6.64. The zero-order valence-electron chi connectivity index (χ0n) is 15.0. The van der Waals surface area contributed by atoms with Crippen LogP contribution in [0.3, 0.4) is 0 Å². The molecule has 4 rings (SSSR count). The number of amides is 1. The van der Waals surface area contributed by atoms with Crippen LogP contribution in [-0.2, 0) is 19.1 Å². The normalized spacial score (nSPS) is 13.7. The second kappa shape index (κ2) is 7.09. The molecule has 1 aliphatic heterocycles. The Balaban J connectivity index is 1.63. The number of rotatable bonds is 2. The molecule has 5 nitrogen and oxygen atoms in total. The minimum atomic E-state index is -4.42. The molecule has 2 aromatic carbocycles. The zero-order valence-corrected chi connectivity index (χ0v) is 15.0. The molecule has 0 unspecified atom stereocenters. The van der Waals surface area contributed by atoms with Crippen molar-refractivity contribution in [3.8, 4) is 17.3 Å². The summed E-state index contributed by atoms with van der Waals surface area (Å²) in [5.74, 6) is 0.324. The van der Waals surface area contributed by atoms with Gasteiger partial charge in [0.05, 0.1) is 29.3 Å². The molecule has 0 saturated heterocycles. The van der Waals surface area contributed by atoms with Gasteiger partial charge >= 0.3 is 6.18 Å². The Morgan fingerprint density at radius 2 is 1.86 bits per heavy atom. The molecule has 3 aromatic rings. The zero-order chi connectivity index (χ0) is 20.6. The number of hydrogen-bond acceptors (Lipinski definition) is 4. The van der Waals surface area contributed by atoms with E-state index in [0.717, 1.165) is 12.1 Å². The molecule has 0 fully saturated rings. The minimum Gasteiger partial charge on any atom is -0.360 e. The van der Waals surface area contributed by atoms with Crippen molar-refractivity contribution in [3.05, 3.63) is 76.5 Å². The summed E-state index contributed by atoms with van der Waals surface area (Å²) in [6.45, 7) is 0.598. The van der Waals surface area contributed by atoms with E-state index in [9.17, 15) is 23.2 Å². The van der Waals surface area contributed by atoms with Crippen molar-refractivity contribution >= 4 is 5.91 Å². The Morgan fingerprint density at radius 3 is 2.55 bits per heavy atom. The molecule has 8 heteroatoms. The van der Waals surface area contributed by atoms with Crippen molar-refractivity contribution in [2.45, 2.75) is 19.1 Å². The number of halogens is 3. The van der Waals surface area contributed by atoms with Gasteiger partial charge in [0.2, 0.25) is 0 Å². The van der Waals surface area contributed by atoms with Gasteiger partial charge in [0.25, 0.3) is 5.91 Å². The van der Waals surface area contributed by atoms with Gasteiger partial charge in [-0.25, -0.2) is 0 Å².